The summed E-state index contributed by atoms with van der Waals surface area (Å²) in [5.41, 5.74) is 2.04. The van der Waals surface area contributed by atoms with Gasteiger partial charge in [0.1, 0.15) is 5.01 Å². The molecule has 0 saturated carbocycles. The number of amides is 1. The zero-order chi connectivity index (χ0) is 17.1. The number of benzene rings is 1. The number of hydrogen-bond acceptors (Lipinski definition) is 5. The fraction of sp³-hybridized carbons (Fsp3) is 0.412. The maximum Gasteiger partial charge on any atom is 0.234 e. The Kier molecular flexibility index (Phi) is 4.89. The normalized spacial score (nSPS) is 11.3. The molecule has 0 fully saturated rings. The smallest absolute Gasteiger partial charge is 0.234 e. The van der Waals surface area contributed by atoms with Crippen molar-refractivity contribution in [3.63, 3.8) is 0 Å². The molecule has 7 heteroatoms. The summed E-state index contributed by atoms with van der Waals surface area (Å²) in [5, 5.41) is 16.7. The average Bonchev–Trinajstić information content (AvgIpc) is 3.13. The molecule has 0 spiro atoms. The van der Waals surface area contributed by atoms with Crippen molar-refractivity contribution in [2.24, 2.45) is 0 Å². The molecule has 0 aliphatic carbocycles. The maximum atomic E-state index is 12.2. The van der Waals surface area contributed by atoms with Gasteiger partial charge in [-0.15, -0.1) is 10.2 Å². The van der Waals surface area contributed by atoms with Gasteiger partial charge in [0.05, 0.1) is 0 Å². The van der Waals surface area contributed by atoms with Gasteiger partial charge >= 0.3 is 0 Å². The minimum absolute atomic E-state index is 0.00551. The Bertz CT molecular complexity index is 852. The molecule has 0 unspecified atom stereocenters. The van der Waals surface area contributed by atoms with Gasteiger partial charge in [-0.25, -0.2) is 0 Å². The van der Waals surface area contributed by atoms with Gasteiger partial charge in [0, 0.05) is 24.4 Å². The van der Waals surface area contributed by atoms with E-state index >= 15 is 0 Å². The lowest BCUT2D eigenvalue weighted by atomic mass is 10.1. The Morgan fingerprint density at radius 2 is 2.08 bits per heavy atom. The summed E-state index contributed by atoms with van der Waals surface area (Å²) in [6.45, 7) is 6.21. The minimum atomic E-state index is 0.00551. The Hall–Kier alpha value is -2.28. The number of anilines is 1. The van der Waals surface area contributed by atoms with E-state index in [0.717, 1.165) is 33.5 Å². The molecule has 24 heavy (non-hydrogen) atoms. The van der Waals surface area contributed by atoms with Crippen LogP contribution in [-0.4, -0.2) is 25.7 Å². The van der Waals surface area contributed by atoms with Crippen molar-refractivity contribution in [3.8, 4) is 0 Å². The molecular weight excluding hydrogens is 322 g/mol. The van der Waals surface area contributed by atoms with Gasteiger partial charge in [-0.1, -0.05) is 50.3 Å². The molecule has 1 N–H and O–H groups in total. The Morgan fingerprint density at radius 1 is 1.29 bits per heavy atom. The van der Waals surface area contributed by atoms with E-state index in [4.69, 9.17) is 0 Å². The zero-order valence-electron chi connectivity index (χ0n) is 14.1. The van der Waals surface area contributed by atoms with Crippen LogP contribution in [0, 0.1) is 0 Å². The first-order valence-electron chi connectivity index (χ1n) is 8.17. The minimum Gasteiger partial charge on any atom is -0.326 e. The third kappa shape index (κ3) is 3.46. The van der Waals surface area contributed by atoms with Gasteiger partial charge in [0.25, 0.3) is 0 Å². The number of carbonyl (C=O) groups excluding carboxylic acids is 1. The highest BCUT2D eigenvalue weighted by Crippen LogP contribution is 2.20. The highest BCUT2D eigenvalue weighted by Gasteiger charge is 2.15. The largest absolute Gasteiger partial charge is 0.326 e. The predicted octanol–water partition coefficient (Wildman–Crippen LogP) is 3.44. The first-order valence-corrected chi connectivity index (χ1v) is 8.99. The van der Waals surface area contributed by atoms with E-state index in [9.17, 15) is 4.79 Å². The van der Waals surface area contributed by atoms with E-state index in [-0.39, 0.29) is 11.8 Å². The van der Waals surface area contributed by atoms with Crippen LogP contribution in [0.2, 0.25) is 0 Å². The number of nitrogens with one attached hydrogen (secondary N) is 1. The molecule has 2 aromatic heterocycles. The Balaban J connectivity index is 1.64. The van der Waals surface area contributed by atoms with E-state index in [1.807, 2.05) is 24.3 Å². The number of nitrogens with zero attached hydrogens (tertiary/aromatic N) is 4. The van der Waals surface area contributed by atoms with E-state index in [2.05, 4.69) is 41.4 Å². The monoisotopic (exact) mass is 343 g/mol. The lowest BCUT2D eigenvalue weighted by Crippen LogP contribution is -2.13. The standard InChI is InChI=1S/C17H21N5OS/c1-4-12-7-5-6-8-13(12)18-14(23)9-10-15-21-22-16(11(2)3)19-20-17(22)24-15/h5-8,11H,4,9-10H2,1-3H3,(H,18,23). The van der Waals surface area contributed by atoms with Crippen molar-refractivity contribution >= 4 is 27.9 Å². The van der Waals surface area contributed by atoms with Crippen molar-refractivity contribution < 1.29 is 4.79 Å². The van der Waals surface area contributed by atoms with Crippen LogP contribution in [0.3, 0.4) is 0 Å². The molecule has 0 bridgehead atoms. The fourth-order valence-electron chi connectivity index (χ4n) is 2.52. The number of para-hydroxylation sites is 1. The fourth-order valence-corrected chi connectivity index (χ4v) is 3.36. The molecular formula is C17H21N5OS. The molecule has 0 aliphatic heterocycles. The predicted molar refractivity (Wildman–Crippen MR) is 95.5 cm³/mol. The van der Waals surface area contributed by atoms with Crippen LogP contribution in [0.15, 0.2) is 24.3 Å². The lowest BCUT2D eigenvalue weighted by Gasteiger charge is -2.09. The SMILES string of the molecule is CCc1ccccc1NC(=O)CCc1nn2c(C(C)C)nnc2s1. The summed E-state index contributed by atoms with van der Waals surface area (Å²) in [4.78, 5) is 13.0. The molecule has 1 amide bonds. The Labute approximate surface area is 144 Å². The summed E-state index contributed by atoms with van der Waals surface area (Å²) in [7, 11) is 0. The van der Waals surface area contributed by atoms with Crippen molar-refractivity contribution in [3.05, 3.63) is 40.7 Å². The second-order valence-corrected chi connectivity index (χ2v) is 7.00. The topological polar surface area (TPSA) is 72.2 Å². The highest BCUT2D eigenvalue weighted by molar-refractivity contribution is 7.16. The second-order valence-electron chi connectivity index (χ2n) is 5.96. The number of aromatic nitrogens is 4. The summed E-state index contributed by atoms with van der Waals surface area (Å²) in [6.07, 6.45) is 1.90. The number of aryl methyl sites for hydroxylation is 2. The van der Waals surface area contributed by atoms with Crippen LogP contribution in [-0.2, 0) is 17.6 Å². The van der Waals surface area contributed by atoms with E-state index < -0.39 is 0 Å². The molecule has 2 heterocycles. The van der Waals surface area contributed by atoms with Gasteiger partial charge in [-0.3, -0.25) is 4.79 Å². The molecule has 3 rings (SSSR count). The molecule has 126 valence electrons. The van der Waals surface area contributed by atoms with Crippen LogP contribution >= 0.6 is 11.3 Å². The van der Waals surface area contributed by atoms with Crippen LogP contribution < -0.4 is 5.32 Å². The second kappa shape index (κ2) is 7.09. The van der Waals surface area contributed by atoms with Gasteiger partial charge in [0.2, 0.25) is 10.9 Å². The molecule has 6 nitrogen and oxygen atoms in total. The molecule has 3 aromatic rings. The highest BCUT2D eigenvalue weighted by atomic mass is 32.1. The first kappa shape index (κ1) is 16.6. The molecule has 1 aromatic carbocycles. The lowest BCUT2D eigenvalue weighted by molar-refractivity contribution is -0.116. The third-order valence-corrected chi connectivity index (χ3v) is 4.77. The van der Waals surface area contributed by atoms with Crippen molar-refractivity contribution in [1.82, 2.24) is 19.8 Å². The number of hydrogen-bond donors (Lipinski definition) is 1. The van der Waals surface area contributed by atoms with Crippen LogP contribution in [0.4, 0.5) is 5.69 Å². The third-order valence-electron chi connectivity index (χ3n) is 3.81. The molecule has 0 atom stereocenters. The molecule has 0 saturated heterocycles. The zero-order valence-corrected chi connectivity index (χ0v) is 14.9. The van der Waals surface area contributed by atoms with E-state index in [0.29, 0.717) is 12.8 Å². The first-order chi connectivity index (χ1) is 11.6. The van der Waals surface area contributed by atoms with Gasteiger partial charge in [0.15, 0.2) is 5.82 Å². The van der Waals surface area contributed by atoms with Crippen LogP contribution in [0.25, 0.3) is 4.96 Å². The van der Waals surface area contributed by atoms with Crippen molar-refractivity contribution in [2.45, 2.75) is 46.0 Å². The Morgan fingerprint density at radius 3 is 2.83 bits per heavy atom. The summed E-state index contributed by atoms with van der Waals surface area (Å²) in [6, 6.07) is 7.89. The summed E-state index contributed by atoms with van der Waals surface area (Å²) in [5.74, 6) is 1.13. The quantitative estimate of drug-likeness (QED) is 0.744. The average molecular weight is 343 g/mol. The summed E-state index contributed by atoms with van der Waals surface area (Å²) < 4.78 is 1.79. The van der Waals surface area contributed by atoms with E-state index in [1.54, 1.807) is 4.52 Å². The molecule has 0 aliphatic rings. The maximum absolute atomic E-state index is 12.2. The van der Waals surface area contributed by atoms with Gasteiger partial charge in [-0.2, -0.15) is 9.61 Å². The van der Waals surface area contributed by atoms with Crippen molar-refractivity contribution in [1.29, 1.82) is 0 Å². The van der Waals surface area contributed by atoms with E-state index in [1.165, 1.54) is 11.3 Å². The van der Waals surface area contributed by atoms with Crippen LogP contribution in [0.1, 0.15) is 49.5 Å². The number of fused-ring (bicyclic) bond motifs is 1. The van der Waals surface area contributed by atoms with Crippen molar-refractivity contribution in [2.75, 3.05) is 5.32 Å². The number of carbonyl (C=O) groups is 1. The number of rotatable bonds is 6. The molecule has 0 radical (unpaired) electrons. The van der Waals surface area contributed by atoms with Gasteiger partial charge < -0.3 is 5.32 Å². The van der Waals surface area contributed by atoms with Gasteiger partial charge in [-0.05, 0) is 18.1 Å². The summed E-state index contributed by atoms with van der Waals surface area (Å²) >= 11 is 1.49. The van der Waals surface area contributed by atoms with Crippen LogP contribution in [0.5, 0.6) is 0 Å².